The molecule has 2 aromatic rings. The van der Waals surface area contributed by atoms with E-state index in [4.69, 9.17) is 9.47 Å². The maximum Gasteiger partial charge on any atom is 0.410 e. The number of carbonyl (C=O) groups excluding carboxylic acids is 4. The van der Waals surface area contributed by atoms with Crippen molar-refractivity contribution < 1.29 is 28.7 Å². The Balaban J connectivity index is 1.09. The quantitative estimate of drug-likeness (QED) is 0.533. The fourth-order valence-electron chi connectivity index (χ4n) is 5.39. The SMILES string of the molecule is CC(C)(C)OC(=O)N1CC(c2cnccc2N2CCN(C(=O)COc3ccc(C4CCC(=O)NC4=O)cc3)CC2)C1. The zero-order chi connectivity index (χ0) is 29.1. The smallest absolute Gasteiger partial charge is 0.410 e. The lowest BCUT2D eigenvalue weighted by Crippen LogP contribution is -2.52. The second kappa shape index (κ2) is 11.8. The highest BCUT2D eigenvalue weighted by atomic mass is 16.6. The van der Waals surface area contributed by atoms with Crippen LogP contribution in [0.4, 0.5) is 10.5 Å². The second-order valence-corrected chi connectivity index (χ2v) is 11.7. The summed E-state index contributed by atoms with van der Waals surface area (Å²) < 4.78 is 11.2. The number of hydrogen-bond acceptors (Lipinski definition) is 8. The van der Waals surface area contributed by atoms with E-state index in [1.165, 1.54) is 0 Å². The Bertz CT molecular complexity index is 1290. The van der Waals surface area contributed by atoms with Gasteiger partial charge in [0.25, 0.3) is 5.91 Å². The average Bonchev–Trinajstić information content (AvgIpc) is 2.91. The van der Waals surface area contributed by atoms with Crippen LogP contribution in [0.3, 0.4) is 0 Å². The van der Waals surface area contributed by atoms with Crippen molar-refractivity contribution in [3.05, 3.63) is 53.9 Å². The van der Waals surface area contributed by atoms with Gasteiger partial charge in [-0.3, -0.25) is 24.7 Å². The van der Waals surface area contributed by atoms with E-state index in [-0.39, 0.29) is 42.3 Å². The number of anilines is 1. The standard InChI is InChI=1S/C30H37N5O6/c1-30(2,3)41-29(39)35-17-21(18-35)24-16-31-11-10-25(24)33-12-14-34(15-13-33)27(37)19-40-22-6-4-20(5-7-22)23-8-9-26(36)32-28(23)38/h4-7,10-11,16,21,23H,8-9,12-15,17-19H2,1-3H3,(H,32,36,38). The molecule has 5 rings (SSSR count). The lowest BCUT2D eigenvalue weighted by Gasteiger charge is -2.42. The van der Waals surface area contributed by atoms with Crippen LogP contribution in [0.5, 0.6) is 5.75 Å². The maximum absolute atomic E-state index is 12.9. The first kappa shape index (κ1) is 28.4. The number of nitrogens with one attached hydrogen (secondary N) is 1. The summed E-state index contributed by atoms with van der Waals surface area (Å²) in [5.41, 5.74) is 2.50. The van der Waals surface area contributed by atoms with Gasteiger partial charge in [-0.1, -0.05) is 12.1 Å². The number of benzene rings is 1. The van der Waals surface area contributed by atoms with Crippen molar-refractivity contribution in [2.24, 2.45) is 0 Å². The lowest BCUT2D eigenvalue weighted by molar-refractivity contribution is -0.135. The monoisotopic (exact) mass is 563 g/mol. The predicted octanol–water partition coefficient (Wildman–Crippen LogP) is 2.66. The van der Waals surface area contributed by atoms with E-state index in [1.54, 1.807) is 35.4 Å². The summed E-state index contributed by atoms with van der Waals surface area (Å²) in [6.45, 7) is 9.23. The third-order valence-corrected chi connectivity index (χ3v) is 7.66. The number of hydrogen-bond donors (Lipinski definition) is 1. The highest BCUT2D eigenvalue weighted by Crippen LogP contribution is 2.34. The number of imide groups is 1. The number of aromatic nitrogens is 1. The highest BCUT2D eigenvalue weighted by Gasteiger charge is 2.37. The molecule has 1 atom stereocenters. The van der Waals surface area contributed by atoms with Crippen LogP contribution >= 0.6 is 0 Å². The van der Waals surface area contributed by atoms with Crippen molar-refractivity contribution in [3.63, 3.8) is 0 Å². The Labute approximate surface area is 239 Å². The molecular formula is C30H37N5O6. The number of likely N-dealkylation sites (tertiary alicyclic amines) is 1. The van der Waals surface area contributed by atoms with E-state index in [0.29, 0.717) is 57.9 Å². The van der Waals surface area contributed by atoms with E-state index in [2.05, 4.69) is 15.2 Å². The third kappa shape index (κ3) is 6.78. The van der Waals surface area contributed by atoms with E-state index >= 15 is 0 Å². The largest absolute Gasteiger partial charge is 0.484 e. The van der Waals surface area contributed by atoms with Crippen LogP contribution in [0, 0.1) is 0 Å². The third-order valence-electron chi connectivity index (χ3n) is 7.66. The van der Waals surface area contributed by atoms with Gasteiger partial charge in [-0.2, -0.15) is 0 Å². The number of ether oxygens (including phenoxy) is 2. The summed E-state index contributed by atoms with van der Waals surface area (Å²) in [6.07, 6.45) is 4.18. The minimum absolute atomic E-state index is 0.0686. The van der Waals surface area contributed by atoms with Crippen molar-refractivity contribution in [1.29, 1.82) is 0 Å². The van der Waals surface area contributed by atoms with Crippen LogP contribution < -0.4 is 15.0 Å². The van der Waals surface area contributed by atoms with Gasteiger partial charge in [-0.25, -0.2) is 4.79 Å². The van der Waals surface area contributed by atoms with Crippen molar-refractivity contribution in [2.45, 2.75) is 51.0 Å². The normalized spacial score (nSPS) is 19.9. The van der Waals surface area contributed by atoms with E-state index in [9.17, 15) is 19.2 Å². The van der Waals surface area contributed by atoms with Gasteiger partial charge < -0.3 is 24.2 Å². The number of nitrogens with zero attached hydrogens (tertiary/aromatic N) is 4. The van der Waals surface area contributed by atoms with Gasteiger partial charge in [0, 0.05) is 75.3 Å². The summed E-state index contributed by atoms with van der Waals surface area (Å²) in [6, 6.07) is 9.11. The molecule has 0 aliphatic carbocycles. The summed E-state index contributed by atoms with van der Waals surface area (Å²) in [5.74, 6) is -0.207. The lowest BCUT2D eigenvalue weighted by atomic mass is 9.90. The van der Waals surface area contributed by atoms with Crippen LogP contribution in [0.15, 0.2) is 42.7 Å². The average molecular weight is 564 g/mol. The minimum Gasteiger partial charge on any atom is -0.484 e. The first-order valence-corrected chi connectivity index (χ1v) is 14.1. The molecule has 1 N–H and O–H groups in total. The molecule has 0 saturated carbocycles. The number of rotatable bonds is 6. The van der Waals surface area contributed by atoms with E-state index in [0.717, 1.165) is 16.8 Å². The Morgan fingerprint density at radius 2 is 1.71 bits per heavy atom. The second-order valence-electron chi connectivity index (χ2n) is 11.7. The minimum atomic E-state index is -0.522. The molecule has 0 bridgehead atoms. The van der Waals surface area contributed by atoms with Crippen molar-refractivity contribution in [2.75, 3.05) is 50.8 Å². The van der Waals surface area contributed by atoms with Gasteiger partial charge in [0.15, 0.2) is 6.61 Å². The van der Waals surface area contributed by atoms with Crippen LogP contribution in [-0.4, -0.2) is 90.1 Å². The fourth-order valence-corrected chi connectivity index (χ4v) is 5.39. The van der Waals surface area contributed by atoms with Crippen LogP contribution in [0.2, 0.25) is 0 Å². The Kier molecular flexibility index (Phi) is 8.14. The molecule has 3 aliphatic rings. The van der Waals surface area contributed by atoms with Gasteiger partial charge in [0.05, 0.1) is 5.92 Å². The molecule has 1 unspecified atom stereocenters. The van der Waals surface area contributed by atoms with E-state index < -0.39 is 5.60 Å². The molecule has 3 saturated heterocycles. The summed E-state index contributed by atoms with van der Waals surface area (Å²) in [5, 5.41) is 2.37. The molecule has 3 fully saturated rings. The molecule has 11 nitrogen and oxygen atoms in total. The molecule has 1 aromatic carbocycles. The Morgan fingerprint density at radius 1 is 1.00 bits per heavy atom. The number of pyridine rings is 1. The summed E-state index contributed by atoms with van der Waals surface area (Å²) >= 11 is 0. The van der Waals surface area contributed by atoms with Crippen molar-refractivity contribution in [1.82, 2.24) is 20.1 Å². The molecule has 0 radical (unpaired) electrons. The molecule has 0 spiro atoms. The molecule has 41 heavy (non-hydrogen) atoms. The number of amides is 4. The van der Waals surface area contributed by atoms with Gasteiger partial charge in [0.1, 0.15) is 11.4 Å². The first-order valence-electron chi connectivity index (χ1n) is 14.1. The van der Waals surface area contributed by atoms with Crippen molar-refractivity contribution in [3.8, 4) is 5.75 Å². The topological polar surface area (TPSA) is 121 Å². The molecular weight excluding hydrogens is 526 g/mol. The zero-order valence-corrected chi connectivity index (χ0v) is 23.8. The highest BCUT2D eigenvalue weighted by molar-refractivity contribution is 6.00. The van der Waals surface area contributed by atoms with Crippen LogP contribution in [0.1, 0.15) is 56.6 Å². The molecule has 3 aliphatic heterocycles. The number of piperazine rings is 1. The fraction of sp³-hybridized carbons (Fsp3) is 0.500. The zero-order valence-electron chi connectivity index (χ0n) is 23.8. The molecule has 1 aromatic heterocycles. The predicted molar refractivity (Wildman–Crippen MR) is 151 cm³/mol. The maximum atomic E-state index is 12.9. The van der Waals surface area contributed by atoms with E-state index in [1.807, 2.05) is 37.9 Å². The van der Waals surface area contributed by atoms with Gasteiger partial charge in [-0.05, 0) is 51.0 Å². The molecule has 11 heteroatoms. The van der Waals surface area contributed by atoms with Crippen LogP contribution in [0.25, 0.3) is 0 Å². The molecule has 4 heterocycles. The Morgan fingerprint density at radius 3 is 2.37 bits per heavy atom. The van der Waals surface area contributed by atoms with Gasteiger partial charge in [0.2, 0.25) is 11.8 Å². The number of piperidine rings is 1. The van der Waals surface area contributed by atoms with Crippen molar-refractivity contribution >= 4 is 29.5 Å². The summed E-state index contributed by atoms with van der Waals surface area (Å²) in [4.78, 5) is 58.8. The van der Waals surface area contributed by atoms with Crippen LogP contribution in [-0.2, 0) is 19.1 Å². The molecule has 218 valence electrons. The van der Waals surface area contributed by atoms with Gasteiger partial charge >= 0.3 is 6.09 Å². The Hall–Kier alpha value is -4.15. The molecule has 4 amide bonds. The first-order chi connectivity index (χ1) is 19.6. The summed E-state index contributed by atoms with van der Waals surface area (Å²) in [7, 11) is 0. The van der Waals surface area contributed by atoms with Gasteiger partial charge in [-0.15, -0.1) is 0 Å². The number of carbonyl (C=O) groups is 4.